The molecule has 10 nitrogen and oxygen atoms in total. The Bertz CT molecular complexity index is 1510. The average Bonchev–Trinajstić information content (AvgIpc) is 3.56. The normalized spacial score (nSPS) is 17.0. The van der Waals surface area contributed by atoms with Crippen molar-refractivity contribution in [3.8, 4) is 40.0 Å². The lowest BCUT2D eigenvalue weighted by atomic mass is 10.1. The standard InChI is InChI=1S/C27H24N4O6/c32-20-6-3-16(10-21(20)33)4-8-24(34)31-9-1-2-18(13-31)37-27-25-19(12-28-26(25)29-14-30-27)17-5-7-22-23(11-17)36-15-35-22/h3-8,10-12,14,18,32-33H,1-2,9,13,15H2,(H,28,29,30)/b8-4+/t18-/m1/s1. The van der Waals surface area contributed by atoms with Crippen LogP contribution in [0.4, 0.5) is 0 Å². The average molecular weight is 501 g/mol. The van der Waals surface area contributed by atoms with Crippen molar-refractivity contribution < 1.29 is 29.2 Å². The molecule has 0 radical (unpaired) electrons. The SMILES string of the molecule is O=C(/C=C/c1ccc(O)c(O)c1)N1CCC[C@@H](Oc2ncnc3[nH]cc(-c4ccc5c(c4)OCO5)c23)C1. The summed E-state index contributed by atoms with van der Waals surface area (Å²) in [6, 6.07) is 10.1. The quantitative estimate of drug-likeness (QED) is 0.278. The molecule has 0 saturated carbocycles. The van der Waals surface area contributed by atoms with Gasteiger partial charge in [-0.3, -0.25) is 4.79 Å². The summed E-state index contributed by atoms with van der Waals surface area (Å²) in [6.45, 7) is 1.24. The number of ether oxygens (including phenoxy) is 3. The molecule has 1 saturated heterocycles. The highest BCUT2D eigenvalue weighted by Gasteiger charge is 2.26. The van der Waals surface area contributed by atoms with Gasteiger partial charge in [0.2, 0.25) is 18.6 Å². The summed E-state index contributed by atoms with van der Waals surface area (Å²) in [7, 11) is 0. The first-order valence-corrected chi connectivity index (χ1v) is 11.9. The van der Waals surface area contributed by atoms with Crippen LogP contribution >= 0.6 is 0 Å². The number of piperidine rings is 1. The molecule has 2 aromatic heterocycles. The van der Waals surface area contributed by atoms with Crippen LogP contribution < -0.4 is 14.2 Å². The molecule has 1 amide bonds. The van der Waals surface area contributed by atoms with Gasteiger partial charge in [-0.15, -0.1) is 0 Å². The Labute approximate surface area is 211 Å². The maximum atomic E-state index is 12.8. The summed E-state index contributed by atoms with van der Waals surface area (Å²) in [4.78, 5) is 26.5. The summed E-state index contributed by atoms with van der Waals surface area (Å²) in [5, 5.41) is 19.9. The largest absolute Gasteiger partial charge is 0.504 e. The van der Waals surface area contributed by atoms with Crippen LogP contribution in [0.15, 0.2) is 55.0 Å². The molecular weight excluding hydrogens is 476 g/mol. The van der Waals surface area contributed by atoms with Crippen molar-refractivity contribution in [2.24, 2.45) is 0 Å². The first-order valence-electron chi connectivity index (χ1n) is 11.9. The van der Waals surface area contributed by atoms with E-state index in [1.54, 1.807) is 17.0 Å². The number of carbonyl (C=O) groups is 1. The van der Waals surface area contributed by atoms with Crippen LogP contribution in [0.2, 0.25) is 0 Å². The van der Waals surface area contributed by atoms with Crippen molar-refractivity contribution in [3.05, 3.63) is 60.6 Å². The molecule has 4 heterocycles. The molecule has 2 aliphatic rings. The molecule has 3 N–H and O–H groups in total. The van der Waals surface area contributed by atoms with Crippen molar-refractivity contribution in [2.75, 3.05) is 19.9 Å². The lowest BCUT2D eigenvalue weighted by molar-refractivity contribution is -0.128. The van der Waals surface area contributed by atoms with Gasteiger partial charge in [-0.05, 0) is 54.3 Å². The van der Waals surface area contributed by atoms with Gasteiger partial charge < -0.3 is 34.3 Å². The third kappa shape index (κ3) is 4.49. The molecule has 0 aliphatic carbocycles. The number of carbonyl (C=O) groups excluding carboxylic acids is 1. The van der Waals surface area contributed by atoms with Crippen molar-refractivity contribution in [3.63, 3.8) is 0 Å². The zero-order valence-corrected chi connectivity index (χ0v) is 19.8. The van der Waals surface area contributed by atoms with Crippen LogP contribution in [0.25, 0.3) is 28.2 Å². The number of rotatable bonds is 5. The smallest absolute Gasteiger partial charge is 0.246 e. The van der Waals surface area contributed by atoms with E-state index in [1.165, 1.54) is 24.5 Å². The number of aromatic amines is 1. The highest BCUT2D eigenvalue weighted by atomic mass is 16.7. The molecule has 1 atom stereocenters. The number of aromatic nitrogens is 3. The van der Waals surface area contributed by atoms with Crippen molar-refractivity contribution >= 4 is 23.0 Å². The van der Waals surface area contributed by atoms with E-state index in [9.17, 15) is 15.0 Å². The number of aromatic hydroxyl groups is 2. The summed E-state index contributed by atoms with van der Waals surface area (Å²) in [6.07, 6.45) is 7.74. The maximum absolute atomic E-state index is 12.8. The summed E-state index contributed by atoms with van der Waals surface area (Å²) in [5.74, 6) is 1.25. The van der Waals surface area contributed by atoms with Crippen LogP contribution in [-0.4, -0.2) is 62.0 Å². The van der Waals surface area contributed by atoms with E-state index in [2.05, 4.69) is 15.0 Å². The minimum absolute atomic E-state index is 0.156. The molecule has 6 rings (SSSR count). The molecule has 0 bridgehead atoms. The van der Waals surface area contributed by atoms with Crippen LogP contribution in [0.5, 0.6) is 28.9 Å². The third-order valence-corrected chi connectivity index (χ3v) is 6.50. The van der Waals surface area contributed by atoms with Crippen LogP contribution in [-0.2, 0) is 4.79 Å². The monoisotopic (exact) mass is 500 g/mol. The van der Waals surface area contributed by atoms with E-state index in [4.69, 9.17) is 14.2 Å². The van der Waals surface area contributed by atoms with Gasteiger partial charge in [-0.2, -0.15) is 0 Å². The van der Waals surface area contributed by atoms with Crippen LogP contribution in [0.1, 0.15) is 18.4 Å². The Morgan fingerprint density at radius 1 is 1.11 bits per heavy atom. The first-order chi connectivity index (χ1) is 18.0. The molecule has 4 aromatic rings. The van der Waals surface area contributed by atoms with Gasteiger partial charge in [0.05, 0.1) is 11.9 Å². The molecule has 10 heteroatoms. The zero-order valence-electron chi connectivity index (χ0n) is 19.8. The van der Waals surface area contributed by atoms with Crippen molar-refractivity contribution in [1.82, 2.24) is 19.9 Å². The van der Waals surface area contributed by atoms with Gasteiger partial charge in [-0.1, -0.05) is 12.1 Å². The van der Waals surface area contributed by atoms with Crippen LogP contribution in [0.3, 0.4) is 0 Å². The highest BCUT2D eigenvalue weighted by Crippen LogP contribution is 2.40. The number of hydrogen-bond acceptors (Lipinski definition) is 8. The second-order valence-electron chi connectivity index (χ2n) is 8.92. The molecule has 37 heavy (non-hydrogen) atoms. The lowest BCUT2D eigenvalue weighted by Crippen LogP contribution is -2.43. The van der Waals surface area contributed by atoms with Gasteiger partial charge in [0.1, 0.15) is 18.1 Å². The minimum Gasteiger partial charge on any atom is -0.504 e. The lowest BCUT2D eigenvalue weighted by Gasteiger charge is -2.32. The fourth-order valence-corrected chi connectivity index (χ4v) is 4.62. The predicted molar refractivity (Wildman–Crippen MR) is 134 cm³/mol. The number of fused-ring (bicyclic) bond motifs is 2. The second kappa shape index (κ2) is 9.38. The van der Waals surface area contributed by atoms with E-state index in [1.807, 2.05) is 24.4 Å². The summed E-state index contributed by atoms with van der Waals surface area (Å²) < 4.78 is 17.3. The van der Waals surface area contributed by atoms with Gasteiger partial charge >= 0.3 is 0 Å². The topological polar surface area (TPSA) is 130 Å². The molecule has 0 spiro atoms. The number of hydrogen-bond donors (Lipinski definition) is 3. The second-order valence-corrected chi connectivity index (χ2v) is 8.92. The molecular formula is C27H24N4O6. The third-order valence-electron chi connectivity index (χ3n) is 6.50. The number of phenolic OH excluding ortho intramolecular Hbond substituents is 2. The van der Waals surface area contributed by atoms with Crippen molar-refractivity contribution in [2.45, 2.75) is 18.9 Å². The predicted octanol–water partition coefficient (Wildman–Crippen LogP) is 3.85. The van der Waals surface area contributed by atoms with E-state index in [-0.39, 0.29) is 30.3 Å². The Morgan fingerprint density at radius 3 is 2.89 bits per heavy atom. The molecule has 0 unspecified atom stereocenters. The van der Waals surface area contributed by atoms with Gasteiger partial charge in [-0.25, -0.2) is 9.97 Å². The van der Waals surface area contributed by atoms with Crippen LogP contribution in [0, 0.1) is 0 Å². The minimum atomic E-state index is -0.235. The van der Waals surface area contributed by atoms with E-state index in [0.717, 1.165) is 29.4 Å². The molecule has 188 valence electrons. The maximum Gasteiger partial charge on any atom is 0.246 e. The fourth-order valence-electron chi connectivity index (χ4n) is 4.62. The summed E-state index contributed by atoms with van der Waals surface area (Å²) >= 11 is 0. The molecule has 2 aliphatic heterocycles. The number of benzene rings is 2. The number of phenols is 2. The van der Waals surface area contributed by atoms with E-state index < -0.39 is 0 Å². The zero-order chi connectivity index (χ0) is 25.4. The Morgan fingerprint density at radius 2 is 2.00 bits per heavy atom. The van der Waals surface area contributed by atoms with Crippen molar-refractivity contribution in [1.29, 1.82) is 0 Å². The number of likely N-dealkylation sites (tertiary alicyclic amines) is 1. The van der Waals surface area contributed by atoms with E-state index >= 15 is 0 Å². The fraction of sp³-hybridized carbons (Fsp3) is 0.222. The number of nitrogens with one attached hydrogen (secondary N) is 1. The van der Waals surface area contributed by atoms with Gasteiger partial charge in [0.15, 0.2) is 23.0 Å². The van der Waals surface area contributed by atoms with Gasteiger partial charge in [0, 0.05) is 24.4 Å². The highest BCUT2D eigenvalue weighted by molar-refractivity contribution is 5.97. The molecule has 1 fully saturated rings. The van der Waals surface area contributed by atoms with E-state index in [0.29, 0.717) is 41.7 Å². The first kappa shape index (κ1) is 22.7. The number of nitrogens with zero attached hydrogens (tertiary/aromatic N) is 3. The Balaban J connectivity index is 1.20. The summed E-state index contributed by atoms with van der Waals surface area (Å²) in [5.41, 5.74) is 3.07. The number of amides is 1. The molecule has 2 aromatic carbocycles. The van der Waals surface area contributed by atoms with Gasteiger partial charge in [0.25, 0.3) is 0 Å². The Kier molecular flexibility index (Phi) is 5.76. The Hall–Kier alpha value is -4.73. The number of H-pyrrole nitrogens is 1.